The molecule has 1 aliphatic carbocycles. The fourth-order valence-corrected chi connectivity index (χ4v) is 1.11. The predicted octanol–water partition coefficient (Wildman–Crippen LogP) is 1.12. The van der Waals surface area contributed by atoms with Crippen LogP contribution >= 0.6 is 0 Å². The molecule has 0 saturated heterocycles. The monoisotopic (exact) mass is 185 g/mol. The number of hydrogen-bond acceptors (Lipinski definition) is 3. The van der Waals surface area contributed by atoms with Crippen molar-refractivity contribution in [1.82, 2.24) is 5.32 Å². The molecule has 1 N–H and O–H groups in total. The number of carbonyl (C=O) groups excluding carboxylic acids is 1. The van der Waals surface area contributed by atoms with E-state index in [0.717, 1.165) is 13.0 Å². The van der Waals surface area contributed by atoms with Crippen LogP contribution in [0, 0.1) is 0 Å². The Hall–Kier alpha value is -0.410. The van der Waals surface area contributed by atoms with Crippen molar-refractivity contribution in [1.29, 1.82) is 0 Å². The van der Waals surface area contributed by atoms with Gasteiger partial charge in [-0.2, -0.15) is 0 Å². The number of hydrogen-bond donors (Lipinski definition) is 1. The molecule has 0 radical (unpaired) electrons. The molecular weight excluding hydrogens is 166 g/mol. The minimum atomic E-state index is 0.210. The quantitative estimate of drug-likeness (QED) is 0.576. The molecule has 0 heterocycles. The smallest absolute Gasteiger partial charge is 0.159 e. The third kappa shape index (κ3) is 5.77. The first-order valence-corrected chi connectivity index (χ1v) is 5.15. The first-order chi connectivity index (χ1) is 6.33. The molecular formula is C10H19NO2. The Morgan fingerprint density at radius 1 is 1.54 bits per heavy atom. The SMILES string of the molecule is CCCOCC(=O)CCNC1CC1. The van der Waals surface area contributed by atoms with Gasteiger partial charge in [0.2, 0.25) is 0 Å². The topological polar surface area (TPSA) is 38.3 Å². The standard InChI is InChI=1S/C10H19NO2/c1-2-7-13-8-10(12)5-6-11-9-3-4-9/h9,11H,2-8H2,1H3. The second-order valence-electron chi connectivity index (χ2n) is 3.57. The van der Waals surface area contributed by atoms with Crippen molar-refractivity contribution in [3.63, 3.8) is 0 Å². The Morgan fingerprint density at radius 2 is 2.31 bits per heavy atom. The normalized spacial score (nSPS) is 16.1. The van der Waals surface area contributed by atoms with Crippen LogP contribution in [0.5, 0.6) is 0 Å². The van der Waals surface area contributed by atoms with Crippen molar-refractivity contribution < 1.29 is 9.53 Å². The maximum absolute atomic E-state index is 11.2. The lowest BCUT2D eigenvalue weighted by Gasteiger charge is -2.02. The fraction of sp³-hybridized carbons (Fsp3) is 0.900. The van der Waals surface area contributed by atoms with Gasteiger partial charge >= 0.3 is 0 Å². The molecule has 76 valence electrons. The van der Waals surface area contributed by atoms with Crippen LogP contribution in [0.15, 0.2) is 0 Å². The Morgan fingerprint density at radius 3 is 2.92 bits per heavy atom. The molecule has 0 amide bonds. The largest absolute Gasteiger partial charge is 0.374 e. The van der Waals surface area contributed by atoms with Crippen molar-refractivity contribution >= 4 is 5.78 Å². The van der Waals surface area contributed by atoms with Crippen molar-refractivity contribution in [2.75, 3.05) is 19.8 Å². The second kappa shape index (κ2) is 6.11. The highest BCUT2D eigenvalue weighted by atomic mass is 16.5. The molecule has 1 fully saturated rings. The summed E-state index contributed by atoms with van der Waals surface area (Å²) in [6, 6.07) is 0.698. The van der Waals surface area contributed by atoms with Crippen molar-refractivity contribution in [3.8, 4) is 0 Å². The zero-order chi connectivity index (χ0) is 9.52. The zero-order valence-corrected chi connectivity index (χ0v) is 8.34. The van der Waals surface area contributed by atoms with E-state index in [2.05, 4.69) is 5.32 Å². The lowest BCUT2D eigenvalue weighted by molar-refractivity contribution is -0.123. The molecule has 1 saturated carbocycles. The summed E-state index contributed by atoms with van der Waals surface area (Å²) in [7, 11) is 0. The average Bonchev–Trinajstić information content (AvgIpc) is 2.89. The van der Waals surface area contributed by atoms with Crippen LogP contribution in [0.4, 0.5) is 0 Å². The number of Topliss-reactive ketones (excluding diaryl/α,β-unsaturated/α-hetero) is 1. The number of rotatable bonds is 8. The maximum Gasteiger partial charge on any atom is 0.159 e. The number of nitrogens with one attached hydrogen (secondary N) is 1. The lowest BCUT2D eigenvalue weighted by atomic mass is 10.3. The molecule has 3 nitrogen and oxygen atoms in total. The summed E-state index contributed by atoms with van der Waals surface area (Å²) in [5.41, 5.74) is 0. The van der Waals surface area contributed by atoms with Gasteiger partial charge in [0.25, 0.3) is 0 Å². The Labute approximate surface area is 79.8 Å². The van der Waals surface area contributed by atoms with Gasteiger partial charge in [-0.3, -0.25) is 4.79 Å². The van der Waals surface area contributed by atoms with Crippen LogP contribution < -0.4 is 5.32 Å². The fourth-order valence-electron chi connectivity index (χ4n) is 1.11. The van der Waals surface area contributed by atoms with E-state index in [1.807, 2.05) is 6.92 Å². The van der Waals surface area contributed by atoms with E-state index in [1.165, 1.54) is 12.8 Å². The van der Waals surface area contributed by atoms with E-state index in [4.69, 9.17) is 4.74 Å². The minimum absolute atomic E-state index is 0.210. The van der Waals surface area contributed by atoms with Gasteiger partial charge in [-0.05, 0) is 19.3 Å². The van der Waals surface area contributed by atoms with E-state index in [-0.39, 0.29) is 5.78 Å². The van der Waals surface area contributed by atoms with Crippen LogP contribution in [-0.2, 0) is 9.53 Å². The van der Waals surface area contributed by atoms with Crippen LogP contribution in [-0.4, -0.2) is 31.6 Å². The first-order valence-electron chi connectivity index (χ1n) is 5.15. The number of ketones is 1. The Balaban J connectivity index is 1.84. The van der Waals surface area contributed by atoms with E-state index < -0.39 is 0 Å². The highest BCUT2D eigenvalue weighted by Gasteiger charge is 2.19. The molecule has 0 aliphatic heterocycles. The minimum Gasteiger partial charge on any atom is -0.374 e. The third-order valence-corrected chi connectivity index (χ3v) is 2.03. The average molecular weight is 185 g/mol. The van der Waals surface area contributed by atoms with E-state index in [0.29, 0.717) is 25.7 Å². The van der Waals surface area contributed by atoms with Crippen LogP contribution in [0.2, 0.25) is 0 Å². The second-order valence-corrected chi connectivity index (χ2v) is 3.57. The van der Waals surface area contributed by atoms with Crippen LogP contribution in [0.25, 0.3) is 0 Å². The molecule has 0 unspecified atom stereocenters. The van der Waals surface area contributed by atoms with Crippen molar-refractivity contribution in [2.45, 2.75) is 38.6 Å². The Kier molecular flexibility index (Phi) is 5.01. The van der Waals surface area contributed by atoms with Gasteiger partial charge in [0.15, 0.2) is 5.78 Å². The van der Waals surface area contributed by atoms with Gasteiger partial charge in [0.1, 0.15) is 6.61 Å². The summed E-state index contributed by atoms with van der Waals surface area (Å²) < 4.78 is 5.14. The van der Waals surface area contributed by atoms with Gasteiger partial charge < -0.3 is 10.1 Å². The van der Waals surface area contributed by atoms with Gasteiger partial charge in [-0.25, -0.2) is 0 Å². The molecule has 0 atom stereocenters. The summed E-state index contributed by atoms with van der Waals surface area (Å²) in [5.74, 6) is 0.210. The molecule has 3 heteroatoms. The highest BCUT2D eigenvalue weighted by Crippen LogP contribution is 2.18. The molecule has 0 aromatic rings. The maximum atomic E-state index is 11.2. The number of carbonyl (C=O) groups is 1. The molecule has 0 aromatic heterocycles. The summed E-state index contributed by atoms with van der Waals surface area (Å²) in [5, 5.41) is 3.30. The molecule has 13 heavy (non-hydrogen) atoms. The zero-order valence-electron chi connectivity index (χ0n) is 8.34. The van der Waals surface area contributed by atoms with Gasteiger partial charge in [0, 0.05) is 25.6 Å². The molecule has 1 rings (SSSR count). The Bertz CT molecular complexity index is 155. The van der Waals surface area contributed by atoms with Crippen molar-refractivity contribution in [2.24, 2.45) is 0 Å². The van der Waals surface area contributed by atoms with Crippen LogP contribution in [0.1, 0.15) is 32.6 Å². The summed E-state index contributed by atoms with van der Waals surface area (Å²) in [4.78, 5) is 11.2. The van der Waals surface area contributed by atoms with Crippen molar-refractivity contribution in [3.05, 3.63) is 0 Å². The summed E-state index contributed by atoms with van der Waals surface area (Å²) >= 11 is 0. The predicted molar refractivity (Wildman–Crippen MR) is 51.8 cm³/mol. The van der Waals surface area contributed by atoms with Crippen LogP contribution in [0.3, 0.4) is 0 Å². The highest BCUT2D eigenvalue weighted by molar-refractivity contribution is 5.79. The molecule has 0 aromatic carbocycles. The van der Waals surface area contributed by atoms with Gasteiger partial charge in [0.05, 0.1) is 0 Å². The molecule has 0 spiro atoms. The molecule has 1 aliphatic rings. The van der Waals surface area contributed by atoms with E-state index in [1.54, 1.807) is 0 Å². The third-order valence-electron chi connectivity index (χ3n) is 2.03. The summed E-state index contributed by atoms with van der Waals surface area (Å²) in [6.07, 6.45) is 4.15. The van der Waals surface area contributed by atoms with Gasteiger partial charge in [-0.15, -0.1) is 0 Å². The lowest BCUT2D eigenvalue weighted by Crippen LogP contribution is -2.22. The van der Waals surface area contributed by atoms with E-state index in [9.17, 15) is 4.79 Å². The number of ether oxygens (including phenoxy) is 1. The van der Waals surface area contributed by atoms with E-state index >= 15 is 0 Å². The molecule has 0 bridgehead atoms. The first kappa shape index (κ1) is 10.7. The summed E-state index contributed by atoms with van der Waals surface area (Å²) in [6.45, 7) is 3.85. The van der Waals surface area contributed by atoms with Gasteiger partial charge in [-0.1, -0.05) is 6.92 Å².